The molecule has 24 heavy (non-hydrogen) atoms. The van der Waals surface area contributed by atoms with Crippen molar-refractivity contribution in [2.75, 3.05) is 5.32 Å². The molecule has 2 N–H and O–H groups in total. The van der Waals surface area contributed by atoms with Gasteiger partial charge in [0.2, 0.25) is 5.91 Å². The van der Waals surface area contributed by atoms with Crippen LogP contribution in [0.25, 0.3) is 5.69 Å². The van der Waals surface area contributed by atoms with Crippen LogP contribution in [0.5, 0.6) is 0 Å². The lowest BCUT2D eigenvalue weighted by molar-refractivity contribution is -0.117. The maximum absolute atomic E-state index is 12.3. The van der Waals surface area contributed by atoms with Gasteiger partial charge in [0.1, 0.15) is 5.82 Å². The molecule has 6 heteroatoms. The molecule has 6 nitrogen and oxygen atoms in total. The van der Waals surface area contributed by atoms with E-state index in [0.717, 1.165) is 24.9 Å². The van der Waals surface area contributed by atoms with Gasteiger partial charge in [0, 0.05) is 18.0 Å². The summed E-state index contributed by atoms with van der Waals surface area (Å²) in [5.41, 5.74) is 1.09. The van der Waals surface area contributed by atoms with Crippen LogP contribution in [0.1, 0.15) is 43.6 Å². The number of aromatic nitrogens is 2. The molecule has 1 atom stereocenters. The molecule has 126 valence electrons. The van der Waals surface area contributed by atoms with Crippen molar-refractivity contribution < 1.29 is 9.59 Å². The molecule has 1 heterocycles. The highest BCUT2D eigenvalue weighted by Gasteiger charge is 2.30. The van der Waals surface area contributed by atoms with Gasteiger partial charge in [-0.05, 0) is 38.3 Å². The number of nitrogens with zero attached hydrogens (tertiary/aromatic N) is 2. The quantitative estimate of drug-likeness (QED) is 0.857. The molecule has 1 fully saturated rings. The zero-order valence-electron chi connectivity index (χ0n) is 14.0. The Morgan fingerprint density at radius 1 is 1.29 bits per heavy atom. The summed E-state index contributed by atoms with van der Waals surface area (Å²) in [4.78, 5) is 24.5. The molecule has 0 aliphatic heterocycles. The van der Waals surface area contributed by atoms with Crippen molar-refractivity contribution in [1.29, 1.82) is 0 Å². The number of hydrogen-bond donors (Lipinski definition) is 2. The van der Waals surface area contributed by atoms with E-state index < -0.39 is 0 Å². The van der Waals surface area contributed by atoms with Gasteiger partial charge < -0.3 is 10.6 Å². The smallest absolute Gasteiger partial charge is 0.272 e. The summed E-state index contributed by atoms with van der Waals surface area (Å²) in [6.45, 7) is 3.96. The Morgan fingerprint density at radius 3 is 2.62 bits per heavy atom. The second-order valence-corrected chi connectivity index (χ2v) is 6.21. The van der Waals surface area contributed by atoms with Gasteiger partial charge >= 0.3 is 0 Å². The lowest BCUT2D eigenvalue weighted by Crippen LogP contribution is -2.32. The van der Waals surface area contributed by atoms with E-state index in [2.05, 4.69) is 15.7 Å². The van der Waals surface area contributed by atoms with Gasteiger partial charge in [0.15, 0.2) is 5.69 Å². The second kappa shape index (κ2) is 6.86. The largest absolute Gasteiger partial charge is 0.348 e. The monoisotopic (exact) mass is 326 g/mol. The topological polar surface area (TPSA) is 76.0 Å². The van der Waals surface area contributed by atoms with Crippen molar-refractivity contribution in [3.05, 3.63) is 42.1 Å². The SMILES string of the molecule is CCC(C)NC(=O)c1cc(NC(=O)C2CC2)n(-c2ccccc2)n1. The van der Waals surface area contributed by atoms with Crippen LogP contribution in [-0.4, -0.2) is 27.6 Å². The molecule has 2 amide bonds. The van der Waals surface area contributed by atoms with Crippen LogP contribution in [0, 0.1) is 5.92 Å². The summed E-state index contributed by atoms with van der Waals surface area (Å²) in [5, 5.41) is 10.2. The first-order chi connectivity index (χ1) is 11.6. The minimum Gasteiger partial charge on any atom is -0.348 e. The summed E-state index contributed by atoms with van der Waals surface area (Å²) in [6, 6.07) is 11.2. The van der Waals surface area contributed by atoms with Crippen LogP contribution >= 0.6 is 0 Å². The van der Waals surface area contributed by atoms with Gasteiger partial charge in [-0.25, -0.2) is 4.68 Å². The number of hydrogen-bond acceptors (Lipinski definition) is 3. The number of amides is 2. The first kappa shape index (κ1) is 16.2. The van der Waals surface area contributed by atoms with E-state index in [1.165, 1.54) is 0 Å². The fourth-order valence-electron chi connectivity index (χ4n) is 2.32. The molecular formula is C18H22N4O2. The predicted molar refractivity (Wildman–Crippen MR) is 92.1 cm³/mol. The van der Waals surface area contributed by atoms with E-state index in [1.807, 2.05) is 44.2 Å². The number of carbonyl (C=O) groups is 2. The summed E-state index contributed by atoms with van der Waals surface area (Å²) < 4.78 is 1.60. The molecule has 2 aromatic rings. The summed E-state index contributed by atoms with van der Waals surface area (Å²) in [6.07, 6.45) is 2.69. The second-order valence-electron chi connectivity index (χ2n) is 6.21. The zero-order chi connectivity index (χ0) is 17.1. The van der Waals surface area contributed by atoms with Gasteiger partial charge in [-0.3, -0.25) is 9.59 Å². The number of anilines is 1. The van der Waals surface area contributed by atoms with Crippen LogP contribution < -0.4 is 10.6 Å². The highest BCUT2D eigenvalue weighted by Crippen LogP contribution is 2.30. The van der Waals surface area contributed by atoms with Crippen molar-refractivity contribution >= 4 is 17.6 Å². The molecule has 1 aliphatic rings. The molecule has 1 saturated carbocycles. The maximum atomic E-state index is 12.3. The number of rotatable bonds is 6. The third-order valence-electron chi connectivity index (χ3n) is 4.13. The number of carbonyl (C=O) groups excluding carboxylic acids is 2. The summed E-state index contributed by atoms with van der Waals surface area (Å²) in [5.74, 6) is 0.357. The molecular weight excluding hydrogens is 304 g/mol. The summed E-state index contributed by atoms with van der Waals surface area (Å²) >= 11 is 0. The number of para-hydroxylation sites is 1. The minimum absolute atomic E-state index is 0.0130. The number of nitrogens with one attached hydrogen (secondary N) is 2. The first-order valence-corrected chi connectivity index (χ1v) is 8.35. The lowest BCUT2D eigenvalue weighted by atomic mass is 10.2. The van der Waals surface area contributed by atoms with Crippen molar-refractivity contribution in [1.82, 2.24) is 15.1 Å². The van der Waals surface area contributed by atoms with Crippen LogP contribution in [0.3, 0.4) is 0 Å². The van der Waals surface area contributed by atoms with E-state index in [0.29, 0.717) is 11.5 Å². The maximum Gasteiger partial charge on any atom is 0.272 e. The number of benzene rings is 1. The predicted octanol–water partition coefficient (Wildman–Crippen LogP) is 2.75. The molecule has 1 aliphatic carbocycles. The van der Waals surface area contributed by atoms with E-state index in [4.69, 9.17) is 0 Å². The third kappa shape index (κ3) is 3.64. The highest BCUT2D eigenvalue weighted by molar-refractivity contribution is 5.97. The van der Waals surface area contributed by atoms with Gasteiger partial charge in [-0.1, -0.05) is 25.1 Å². The fourth-order valence-corrected chi connectivity index (χ4v) is 2.32. The Hall–Kier alpha value is -2.63. The molecule has 0 radical (unpaired) electrons. The minimum atomic E-state index is -0.235. The van der Waals surface area contributed by atoms with Crippen LogP contribution in [0.2, 0.25) is 0 Å². The van der Waals surface area contributed by atoms with E-state index in [1.54, 1.807) is 10.7 Å². The molecule has 0 saturated heterocycles. The lowest BCUT2D eigenvalue weighted by Gasteiger charge is -2.09. The molecule has 0 spiro atoms. The highest BCUT2D eigenvalue weighted by atomic mass is 16.2. The van der Waals surface area contributed by atoms with Crippen LogP contribution in [0.4, 0.5) is 5.82 Å². The van der Waals surface area contributed by atoms with Gasteiger partial charge in [0.25, 0.3) is 5.91 Å². The fraction of sp³-hybridized carbons (Fsp3) is 0.389. The molecule has 1 unspecified atom stereocenters. The van der Waals surface area contributed by atoms with E-state index in [-0.39, 0.29) is 23.8 Å². The van der Waals surface area contributed by atoms with Crippen molar-refractivity contribution in [2.45, 2.75) is 39.2 Å². The normalized spacial score (nSPS) is 14.9. The van der Waals surface area contributed by atoms with E-state index >= 15 is 0 Å². The van der Waals surface area contributed by atoms with Crippen molar-refractivity contribution in [3.8, 4) is 5.69 Å². The molecule has 1 aromatic carbocycles. The Labute approximate surface area is 141 Å². The van der Waals surface area contributed by atoms with Gasteiger partial charge in [-0.15, -0.1) is 0 Å². The first-order valence-electron chi connectivity index (χ1n) is 8.35. The van der Waals surface area contributed by atoms with Gasteiger partial charge in [-0.2, -0.15) is 5.10 Å². The van der Waals surface area contributed by atoms with Gasteiger partial charge in [0.05, 0.1) is 5.69 Å². The standard InChI is InChI=1S/C18H22N4O2/c1-3-12(2)19-18(24)15-11-16(20-17(23)13-9-10-13)22(21-15)14-7-5-4-6-8-14/h4-8,11-13H,3,9-10H2,1-2H3,(H,19,24)(H,20,23). The average Bonchev–Trinajstić information content (AvgIpc) is 3.36. The Kier molecular flexibility index (Phi) is 4.64. The average molecular weight is 326 g/mol. The molecule has 1 aromatic heterocycles. The van der Waals surface area contributed by atoms with E-state index in [9.17, 15) is 9.59 Å². The zero-order valence-corrected chi connectivity index (χ0v) is 14.0. The third-order valence-corrected chi connectivity index (χ3v) is 4.13. The Balaban J connectivity index is 1.89. The van der Waals surface area contributed by atoms with Crippen LogP contribution in [0.15, 0.2) is 36.4 Å². The Morgan fingerprint density at radius 2 is 2.00 bits per heavy atom. The van der Waals surface area contributed by atoms with Crippen molar-refractivity contribution in [2.24, 2.45) is 5.92 Å². The van der Waals surface area contributed by atoms with Crippen molar-refractivity contribution in [3.63, 3.8) is 0 Å². The summed E-state index contributed by atoms with van der Waals surface area (Å²) in [7, 11) is 0. The Bertz CT molecular complexity index is 735. The molecule has 3 rings (SSSR count). The van der Waals surface area contributed by atoms with Crippen LogP contribution in [-0.2, 0) is 4.79 Å². The molecule has 0 bridgehead atoms.